The van der Waals surface area contributed by atoms with E-state index >= 15 is 0 Å². The second-order valence-electron chi connectivity index (χ2n) is 8.05. The Morgan fingerprint density at radius 2 is 1.74 bits per heavy atom. The molecular formula is C26H34N4O5. The van der Waals surface area contributed by atoms with E-state index in [-0.39, 0.29) is 5.91 Å². The molecule has 188 valence electrons. The Morgan fingerprint density at radius 3 is 2.40 bits per heavy atom. The van der Waals surface area contributed by atoms with Gasteiger partial charge in [-0.25, -0.2) is 9.80 Å². The Bertz CT molecular complexity index is 1030. The fourth-order valence-corrected chi connectivity index (χ4v) is 3.77. The molecule has 1 aliphatic heterocycles. The van der Waals surface area contributed by atoms with Crippen molar-refractivity contribution in [2.24, 2.45) is 5.10 Å². The first kappa shape index (κ1) is 26.0. The fourth-order valence-electron chi connectivity index (χ4n) is 3.77. The van der Waals surface area contributed by atoms with Gasteiger partial charge in [0.15, 0.2) is 11.5 Å². The number of ether oxygens (including phenoxy) is 3. The van der Waals surface area contributed by atoms with Crippen molar-refractivity contribution < 1.29 is 23.8 Å². The van der Waals surface area contributed by atoms with Crippen molar-refractivity contribution in [3.63, 3.8) is 0 Å². The van der Waals surface area contributed by atoms with Crippen LogP contribution in [0.2, 0.25) is 0 Å². The van der Waals surface area contributed by atoms with Crippen LogP contribution in [0.5, 0.6) is 11.5 Å². The molecule has 3 rings (SSSR count). The second-order valence-corrected chi connectivity index (χ2v) is 8.05. The first-order valence-electron chi connectivity index (χ1n) is 11.8. The van der Waals surface area contributed by atoms with Gasteiger partial charge in [0.1, 0.15) is 6.61 Å². The van der Waals surface area contributed by atoms with Gasteiger partial charge >= 0.3 is 6.09 Å². The highest BCUT2D eigenvalue weighted by atomic mass is 16.5. The van der Waals surface area contributed by atoms with Gasteiger partial charge in [0, 0.05) is 30.6 Å². The number of anilines is 1. The number of amides is 2. The average Bonchev–Trinajstić information content (AvgIpc) is 2.88. The summed E-state index contributed by atoms with van der Waals surface area (Å²) in [5.74, 6) is 1.22. The van der Waals surface area contributed by atoms with Crippen molar-refractivity contribution in [3.05, 3.63) is 53.6 Å². The van der Waals surface area contributed by atoms with Crippen molar-refractivity contribution >= 4 is 23.4 Å². The molecular weight excluding hydrogens is 448 g/mol. The second kappa shape index (κ2) is 12.8. The number of likely N-dealkylation sites (N-methyl/N-ethyl adjacent to an activating group) is 1. The minimum atomic E-state index is -0.486. The quantitative estimate of drug-likeness (QED) is 0.518. The highest BCUT2D eigenvalue weighted by Gasteiger charge is 2.22. The highest BCUT2D eigenvalue weighted by molar-refractivity contribution is 6.04. The number of carbonyl (C=O) groups is 2. The van der Waals surface area contributed by atoms with Crippen LogP contribution in [0, 0.1) is 0 Å². The first-order valence-corrected chi connectivity index (χ1v) is 11.8. The molecule has 1 heterocycles. The molecule has 0 aliphatic carbocycles. The number of nitrogens with zero attached hydrogens (tertiary/aromatic N) is 3. The Morgan fingerprint density at radius 1 is 1.03 bits per heavy atom. The van der Waals surface area contributed by atoms with Crippen molar-refractivity contribution in [3.8, 4) is 11.5 Å². The fraction of sp³-hybridized carbons (Fsp3) is 0.423. The summed E-state index contributed by atoms with van der Waals surface area (Å²) in [5.41, 5.74) is 3.23. The van der Waals surface area contributed by atoms with Crippen LogP contribution in [0.1, 0.15) is 37.8 Å². The summed E-state index contributed by atoms with van der Waals surface area (Å²) in [6.45, 7) is 7.36. The monoisotopic (exact) mass is 482 g/mol. The van der Waals surface area contributed by atoms with Gasteiger partial charge in [-0.2, -0.15) is 5.10 Å². The Kier molecular flexibility index (Phi) is 9.48. The summed E-state index contributed by atoms with van der Waals surface area (Å²) in [6.07, 6.45) is 0.455. The maximum Gasteiger partial charge on any atom is 0.411 e. The van der Waals surface area contributed by atoms with Crippen molar-refractivity contribution in [2.45, 2.75) is 33.2 Å². The number of hydrogen-bond acceptors (Lipinski definition) is 7. The first-order chi connectivity index (χ1) is 17.0. The summed E-state index contributed by atoms with van der Waals surface area (Å²) < 4.78 is 15.9. The van der Waals surface area contributed by atoms with Crippen LogP contribution >= 0.6 is 0 Å². The number of carbonyl (C=O) groups excluding carboxylic acids is 2. The predicted octanol–water partition coefficient (Wildman–Crippen LogP) is 4.12. The van der Waals surface area contributed by atoms with Crippen LogP contribution in [0.15, 0.2) is 47.6 Å². The van der Waals surface area contributed by atoms with E-state index in [4.69, 9.17) is 14.2 Å². The molecule has 0 spiro atoms. The minimum absolute atomic E-state index is 0.0341. The molecule has 9 nitrogen and oxygen atoms in total. The summed E-state index contributed by atoms with van der Waals surface area (Å²) >= 11 is 0. The van der Waals surface area contributed by atoms with Crippen LogP contribution < -0.4 is 14.8 Å². The standard InChI is InChI=1S/C26H34N4O5/c1-5-29(6-2)15-16-35-26(32)27-21-10-7-19(8-11-21)18-30-25(31)14-12-22(28-30)20-9-13-23(33-3)24(17-20)34-4/h7-11,13,17H,5-6,12,14-16,18H2,1-4H3,(H,27,32). The number of hydrogen-bond donors (Lipinski definition) is 1. The smallest absolute Gasteiger partial charge is 0.411 e. The van der Waals surface area contributed by atoms with Gasteiger partial charge in [0.05, 0.1) is 26.5 Å². The van der Waals surface area contributed by atoms with Gasteiger partial charge < -0.3 is 19.1 Å². The Labute approximate surface area is 206 Å². The van der Waals surface area contributed by atoms with E-state index in [1.165, 1.54) is 5.01 Å². The molecule has 9 heteroatoms. The maximum atomic E-state index is 12.5. The van der Waals surface area contributed by atoms with Gasteiger partial charge in [0.2, 0.25) is 5.91 Å². The molecule has 0 fully saturated rings. The molecule has 0 saturated carbocycles. The number of hydrazone groups is 1. The third-order valence-electron chi connectivity index (χ3n) is 5.89. The van der Waals surface area contributed by atoms with E-state index < -0.39 is 6.09 Å². The zero-order valence-electron chi connectivity index (χ0n) is 20.9. The van der Waals surface area contributed by atoms with Crippen molar-refractivity contribution in [2.75, 3.05) is 45.8 Å². The normalized spacial score (nSPS) is 13.5. The zero-order valence-corrected chi connectivity index (χ0v) is 20.9. The van der Waals surface area contributed by atoms with Crippen LogP contribution in [0.3, 0.4) is 0 Å². The highest BCUT2D eigenvalue weighted by Crippen LogP contribution is 2.29. The molecule has 1 aliphatic rings. The van der Waals surface area contributed by atoms with Gasteiger partial charge in [-0.3, -0.25) is 10.1 Å². The summed E-state index contributed by atoms with van der Waals surface area (Å²) in [4.78, 5) is 26.7. The Hall–Kier alpha value is -3.59. The maximum absolute atomic E-state index is 12.5. The predicted molar refractivity (Wildman–Crippen MR) is 135 cm³/mol. The Balaban J connectivity index is 1.60. The lowest BCUT2D eigenvalue weighted by molar-refractivity contribution is -0.132. The molecule has 0 aromatic heterocycles. The third-order valence-corrected chi connectivity index (χ3v) is 5.89. The van der Waals surface area contributed by atoms with E-state index in [1.54, 1.807) is 26.4 Å². The number of methoxy groups -OCH3 is 2. The van der Waals surface area contributed by atoms with Crippen LogP contribution in [-0.4, -0.2) is 68.1 Å². The molecule has 0 atom stereocenters. The average molecular weight is 483 g/mol. The van der Waals surface area contributed by atoms with E-state index in [2.05, 4.69) is 29.2 Å². The van der Waals surface area contributed by atoms with Gasteiger partial charge in [0.25, 0.3) is 0 Å². The molecule has 2 amide bonds. The summed E-state index contributed by atoms with van der Waals surface area (Å²) in [6, 6.07) is 12.9. The lowest BCUT2D eigenvalue weighted by atomic mass is 10.0. The van der Waals surface area contributed by atoms with Crippen molar-refractivity contribution in [1.82, 2.24) is 9.91 Å². The number of benzene rings is 2. The zero-order chi connectivity index (χ0) is 25.2. The summed E-state index contributed by atoms with van der Waals surface area (Å²) in [7, 11) is 3.18. The van der Waals surface area contributed by atoms with Gasteiger partial charge in [-0.05, 0) is 49.0 Å². The summed E-state index contributed by atoms with van der Waals surface area (Å²) in [5, 5.41) is 8.82. The molecule has 0 radical (unpaired) electrons. The van der Waals surface area contributed by atoms with E-state index in [9.17, 15) is 9.59 Å². The van der Waals surface area contributed by atoms with Gasteiger partial charge in [-0.15, -0.1) is 0 Å². The topological polar surface area (TPSA) is 92.7 Å². The number of nitrogens with one attached hydrogen (secondary N) is 1. The molecule has 0 saturated heterocycles. The lowest BCUT2D eigenvalue weighted by Gasteiger charge is -2.24. The van der Waals surface area contributed by atoms with Crippen LogP contribution in [-0.2, 0) is 16.1 Å². The molecule has 2 aromatic rings. The third kappa shape index (κ3) is 7.19. The minimum Gasteiger partial charge on any atom is -0.493 e. The molecule has 35 heavy (non-hydrogen) atoms. The largest absolute Gasteiger partial charge is 0.493 e. The van der Waals surface area contributed by atoms with Crippen molar-refractivity contribution in [1.29, 1.82) is 0 Å². The van der Waals surface area contributed by atoms with E-state index in [1.807, 2.05) is 30.3 Å². The SMILES string of the molecule is CCN(CC)CCOC(=O)Nc1ccc(CN2N=C(c3ccc(OC)c(OC)c3)CCC2=O)cc1. The van der Waals surface area contributed by atoms with Gasteiger partial charge in [-0.1, -0.05) is 26.0 Å². The number of rotatable bonds is 11. The molecule has 2 aromatic carbocycles. The molecule has 0 unspecified atom stereocenters. The lowest BCUT2D eigenvalue weighted by Crippen LogP contribution is -2.31. The molecule has 0 bridgehead atoms. The van der Waals surface area contributed by atoms with E-state index in [0.29, 0.717) is 49.7 Å². The van der Waals surface area contributed by atoms with E-state index in [0.717, 1.165) is 29.9 Å². The molecule has 1 N–H and O–H groups in total. The van der Waals surface area contributed by atoms with Crippen LogP contribution in [0.4, 0.5) is 10.5 Å². The van der Waals surface area contributed by atoms with Crippen LogP contribution in [0.25, 0.3) is 0 Å².